The monoisotopic (exact) mass is 622 g/mol. The number of halogens is 3. The highest BCUT2D eigenvalue weighted by molar-refractivity contribution is 7.07. The average Bonchev–Trinajstić information content (AvgIpc) is 3.42. The van der Waals surface area contributed by atoms with E-state index in [9.17, 15) is 27.6 Å². The lowest BCUT2D eigenvalue weighted by molar-refractivity contribution is -0.140. The molecule has 3 heterocycles. The first-order valence-corrected chi connectivity index (χ1v) is 14.3. The van der Waals surface area contributed by atoms with Gasteiger partial charge in [0, 0.05) is 19.7 Å². The van der Waals surface area contributed by atoms with Gasteiger partial charge in [0.05, 0.1) is 34.9 Å². The molecular weight excluding hydrogens is 597 g/mol. The molecule has 0 amide bonds. The highest BCUT2D eigenvalue weighted by Gasteiger charge is 2.46. The number of benzene rings is 3. The van der Waals surface area contributed by atoms with E-state index in [2.05, 4.69) is 4.99 Å². The number of esters is 1. The Morgan fingerprint density at radius 3 is 2.48 bits per heavy atom. The first kappa shape index (κ1) is 29.2. The summed E-state index contributed by atoms with van der Waals surface area (Å²) in [6.45, 7) is 1.29. The predicted molar refractivity (Wildman–Crippen MR) is 159 cm³/mol. The van der Waals surface area contributed by atoms with Gasteiger partial charge in [-0.05, 0) is 47.5 Å². The van der Waals surface area contributed by atoms with Crippen LogP contribution in [0.1, 0.15) is 24.1 Å². The Balaban J connectivity index is 1.70. The average molecular weight is 623 g/mol. The van der Waals surface area contributed by atoms with Crippen molar-refractivity contribution >= 4 is 45.2 Å². The first-order chi connectivity index (χ1) is 21.0. The fourth-order valence-corrected chi connectivity index (χ4v) is 6.62. The van der Waals surface area contributed by atoms with E-state index in [4.69, 9.17) is 9.47 Å². The summed E-state index contributed by atoms with van der Waals surface area (Å²) < 4.78 is 58.8. The lowest BCUT2D eigenvalue weighted by Crippen LogP contribution is -2.41. The maximum Gasteiger partial charge on any atom is 0.434 e. The Labute approximate surface area is 251 Å². The van der Waals surface area contributed by atoms with Crippen LogP contribution in [0.25, 0.3) is 27.9 Å². The summed E-state index contributed by atoms with van der Waals surface area (Å²) in [6.07, 6.45) is -3.52. The van der Waals surface area contributed by atoms with Gasteiger partial charge in [-0.1, -0.05) is 47.7 Å². The van der Waals surface area contributed by atoms with Crippen LogP contribution in [0.15, 0.2) is 80.4 Å². The van der Waals surface area contributed by atoms with Crippen molar-refractivity contribution in [2.45, 2.75) is 19.1 Å². The van der Waals surface area contributed by atoms with Gasteiger partial charge < -0.3 is 9.47 Å². The molecule has 0 N–H and O–H groups in total. The number of hydrogen-bond acceptors (Lipinski definition) is 7. The van der Waals surface area contributed by atoms with E-state index in [-0.39, 0.29) is 32.9 Å². The van der Waals surface area contributed by atoms with E-state index in [1.165, 1.54) is 29.2 Å². The normalized spacial score (nSPS) is 15.5. The molecule has 5 aromatic rings. The SMILES string of the molecule is CCOC(=O)C1=C(C(F)(F)F)N=c2s/c(=C/c3ccc4c(c3)n(C)c(=O)n4C)c(=O)n2[C@H]1c1c(OC)ccc2ccccc12. The second kappa shape index (κ2) is 10.7. The van der Waals surface area contributed by atoms with Crippen LogP contribution in [0.2, 0.25) is 0 Å². The third kappa shape index (κ3) is 4.55. The summed E-state index contributed by atoms with van der Waals surface area (Å²) >= 11 is 0.766. The van der Waals surface area contributed by atoms with Crippen molar-refractivity contribution in [2.24, 2.45) is 19.1 Å². The highest BCUT2D eigenvalue weighted by atomic mass is 32.1. The molecule has 0 bridgehead atoms. The molecule has 0 spiro atoms. The van der Waals surface area contributed by atoms with Crippen molar-refractivity contribution in [1.82, 2.24) is 13.7 Å². The zero-order valence-electron chi connectivity index (χ0n) is 23.9. The molecule has 0 fully saturated rings. The van der Waals surface area contributed by atoms with Crippen LogP contribution < -0.4 is 25.3 Å². The van der Waals surface area contributed by atoms with E-state index >= 15 is 0 Å². The van der Waals surface area contributed by atoms with Crippen LogP contribution in [0.5, 0.6) is 5.75 Å². The Hall–Kier alpha value is -4.91. The van der Waals surface area contributed by atoms with Crippen molar-refractivity contribution in [3.05, 3.63) is 107 Å². The van der Waals surface area contributed by atoms with Gasteiger partial charge >= 0.3 is 17.8 Å². The number of rotatable bonds is 5. The standard InChI is InChI=1S/C31H25F3N4O5S/c1-5-43-28(40)24-25(23-18-9-7-6-8-17(18)11-13-21(23)42-4)38-27(39)22(44-29(38)35-26(24)31(32,33)34)15-16-10-12-19-20(14-16)37(3)30(41)36(19)2/h6-15,25H,5H2,1-4H3/b22-15+/t25-/m0/s1. The van der Waals surface area contributed by atoms with E-state index < -0.39 is 35.0 Å². The van der Waals surface area contributed by atoms with Gasteiger partial charge in [0.1, 0.15) is 11.8 Å². The number of allylic oxidation sites excluding steroid dienone is 1. The minimum absolute atomic E-state index is 0.0832. The van der Waals surface area contributed by atoms with Crippen LogP contribution in [0.4, 0.5) is 13.2 Å². The summed E-state index contributed by atoms with van der Waals surface area (Å²) in [5, 5.41) is 1.16. The van der Waals surface area contributed by atoms with Gasteiger partial charge in [0.15, 0.2) is 10.5 Å². The zero-order valence-corrected chi connectivity index (χ0v) is 24.7. The molecule has 44 heavy (non-hydrogen) atoms. The third-order valence-corrected chi connectivity index (χ3v) is 8.60. The molecule has 1 aliphatic rings. The van der Waals surface area contributed by atoms with Crippen LogP contribution in [0, 0.1) is 0 Å². The number of aryl methyl sites for hydroxylation is 2. The number of carbonyl (C=O) groups is 1. The molecule has 0 unspecified atom stereocenters. The van der Waals surface area contributed by atoms with Crippen LogP contribution in [-0.4, -0.2) is 39.6 Å². The lowest BCUT2D eigenvalue weighted by Gasteiger charge is -2.28. The molecule has 6 rings (SSSR count). The van der Waals surface area contributed by atoms with Crippen molar-refractivity contribution in [2.75, 3.05) is 13.7 Å². The molecular formula is C31H25F3N4O5S. The highest BCUT2D eigenvalue weighted by Crippen LogP contribution is 2.43. The Kier molecular flexibility index (Phi) is 7.07. The molecule has 1 aliphatic heterocycles. The second-order valence-electron chi connectivity index (χ2n) is 10.1. The Bertz CT molecular complexity index is 2270. The van der Waals surface area contributed by atoms with E-state index in [0.29, 0.717) is 27.4 Å². The molecule has 226 valence electrons. The summed E-state index contributed by atoms with van der Waals surface area (Å²) in [7, 11) is 4.63. The maximum atomic E-state index is 14.6. The minimum Gasteiger partial charge on any atom is -0.496 e. The fraction of sp³-hybridized carbons (Fsp3) is 0.226. The van der Waals surface area contributed by atoms with E-state index in [1.54, 1.807) is 68.7 Å². The number of methoxy groups -OCH3 is 1. The third-order valence-electron chi connectivity index (χ3n) is 7.61. The number of ether oxygens (including phenoxy) is 2. The van der Waals surface area contributed by atoms with Crippen molar-refractivity contribution in [3.63, 3.8) is 0 Å². The molecule has 3 aromatic carbocycles. The molecule has 0 saturated heterocycles. The van der Waals surface area contributed by atoms with Gasteiger partial charge in [-0.3, -0.25) is 18.5 Å². The number of alkyl halides is 3. The molecule has 0 saturated carbocycles. The minimum atomic E-state index is -5.05. The predicted octanol–water partition coefficient (Wildman–Crippen LogP) is 3.69. The smallest absolute Gasteiger partial charge is 0.434 e. The quantitative estimate of drug-likeness (QED) is 0.279. The number of imidazole rings is 1. The van der Waals surface area contributed by atoms with E-state index in [0.717, 1.165) is 15.9 Å². The van der Waals surface area contributed by atoms with Crippen molar-refractivity contribution in [1.29, 1.82) is 0 Å². The Morgan fingerprint density at radius 2 is 1.77 bits per heavy atom. The van der Waals surface area contributed by atoms with Gasteiger partial charge in [-0.25, -0.2) is 14.6 Å². The van der Waals surface area contributed by atoms with Crippen LogP contribution in [-0.2, 0) is 23.6 Å². The number of hydrogen-bond donors (Lipinski definition) is 0. The molecule has 0 radical (unpaired) electrons. The molecule has 13 heteroatoms. The van der Waals surface area contributed by atoms with Gasteiger partial charge in [-0.15, -0.1) is 0 Å². The maximum absolute atomic E-state index is 14.6. The Morgan fingerprint density at radius 1 is 1.05 bits per heavy atom. The molecule has 9 nitrogen and oxygen atoms in total. The molecule has 1 atom stereocenters. The summed E-state index contributed by atoms with van der Waals surface area (Å²) in [6, 6.07) is 13.9. The van der Waals surface area contributed by atoms with Crippen LogP contribution in [0.3, 0.4) is 0 Å². The summed E-state index contributed by atoms with van der Waals surface area (Å²) in [5.74, 6) is -1.06. The molecule has 0 aliphatic carbocycles. The number of nitrogens with zero attached hydrogens (tertiary/aromatic N) is 4. The van der Waals surface area contributed by atoms with E-state index in [1.807, 2.05) is 0 Å². The number of fused-ring (bicyclic) bond motifs is 3. The second-order valence-corrected chi connectivity index (χ2v) is 11.1. The largest absolute Gasteiger partial charge is 0.496 e. The molecule has 2 aromatic heterocycles. The zero-order chi connectivity index (χ0) is 31.5. The topological polar surface area (TPSA) is 96.8 Å². The fourth-order valence-electron chi connectivity index (χ4n) is 5.61. The van der Waals surface area contributed by atoms with Crippen LogP contribution >= 0.6 is 11.3 Å². The van der Waals surface area contributed by atoms with Crippen molar-refractivity contribution < 1.29 is 27.4 Å². The summed E-state index contributed by atoms with van der Waals surface area (Å²) in [4.78, 5) is 43.5. The first-order valence-electron chi connectivity index (χ1n) is 13.5. The van der Waals surface area contributed by atoms with Gasteiger partial charge in [-0.2, -0.15) is 13.2 Å². The van der Waals surface area contributed by atoms with Gasteiger partial charge in [0.2, 0.25) is 0 Å². The number of carbonyl (C=O) groups excluding carboxylic acids is 1. The summed E-state index contributed by atoms with van der Waals surface area (Å²) in [5.41, 5.74) is -1.11. The number of thiazole rings is 1. The van der Waals surface area contributed by atoms with Gasteiger partial charge in [0.25, 0.3) is 5.56 Å². The van der Waals surface area contributed by atoms with Crippen molar-refractivity contribution in [3.8, 4) is 5.75 Å². The number of aromatic nitrogens is 3. The lowest BCUT2D eigenvalue weighted by atomic mass is 9.90.